The van der Waals surface area contributed by atoms with Crippen molar-refractivity contribution >= 4 is 19.3 Å². The maximum Gasteiger partial charge on any atom is 0.360 e. The molecule has 1 aromatic carbocycles. The smallest absolute Gasteiger partial charge is 0.360 e. The van der Waals surface area contributed by atoms with E-state index in [9.17, 15) is 19.5 Å². The van der Waals surface area contributed by atoms with E-state index >= 15 is 0 Å². The lowest BCUT2D eigenvalue weighted by molar-refractivity contribution is -0.384. The van der Waals surface area contributed by atoms with Crippen LogP contribution in [0.4, 0.5) is 5.69 Å². The first-order chi connectivity index (χ1) is 15.9. The van der Waals surface area contributed by atoms with Gasteiger partial charge in [0.1, 0.15) is 0 Å². The van der Waals surface area contributed by atoms with Crippen LogP contribution in [0.3, 0.4) is 0 Å². The van der Waals surface area contributed by atoms with Crippen LogP contribution in [0.2, 0.25) is 0 Å². The summed E-state index contributed by atoms with van der Waals surface area (Å²) >= 11 is 0. The van der Waals surface area contributed by atoms with Crippen molar-refractivity contribution in [3.05, 3.63) is 62.2 Å². The Hall–Kier alpha value is -2.48. The SMILES string of the molecule is CCOC(=O)C1=C(C)NC(C)=C(P(=O)(OCC(C)C)OCC(C)C)C1c1cccc([N+](=O)[O-])c1. The molecule has 1 unspecified atom stereocenters. The zero-order chi connectivity index (χ0) is 25.6. The van der Waals surface area contributed by atoms with Crippen LogP contribution >= 0.6 is 7.60 Å². The van der Waals surface area contributed by atoms with E-state index in [0.29, 0.717) is 17.0 Å². The van der Waals surface area contributed by atoms with Crippen LogP contribution in [0.25, 0.3) is 0 Å². The Morgan fingerprint density at radius 2 is 1.71 bits per heavy atom. The van der Waals surface area contributed by atoms with E-state index in [-0.39, 0.29) is 48.2 Å². The number of non-ortho nitro benzene ring substituents is 1. The first kappa shape index (κ1) is 27.8. The van der Waals surface area contributed by atoms with Gasteiger partial charge in [0.05, 0.1) is 41.5 Å². The normalized spacial score (nSPS) is 16.8. The molecule has 1 aliphatic heterocycles. The second-order valence-corrected chi connectivity index (χ2v) is 11.0. The van der Waals surface area contributed by atoms with Gasteiger partial charge < -0.3 is 19.1 Å². The van der Waals surface area contributed by atoms with Gasteiger partial charge in [-0.3, -0.25) is 14.7 Å². The predicted molar refractivity (Wildman–Crippen MR) is 130 cm³/mol. The van der Waals surface area contributed by atoms with Gasteiger partial charge in [-0.1, -0.05) is 39.8 Å². The Bertz CT molecular complexity index is 1010. The molecule has 188 valence electrons. The summed E-state index contributed by atoms with van der Waals surface area (Å²) in [6.07, 6.45) is 0. The number of carbonyl (C=O) groups excluding carboxylic acids is 1. The minimum absolute atomic E-state index is 0.0755. The number of rotatable bonds is 11. The van der Waals surface area contributed by atoms with Crippen molar-refractivity contribution in [3.63, 3.8) is 0 Å². The molecule has 1 aromatic rings. The standard InChI is InChI=1S/C24H35N2O7P/c1-8-31-24(27)21-17(6)25-18(7)23(22(21)19-10-9-11-20(12-19)26(28)29)34(30,32-13-15(2)3)33-14-16(4)5/h9-12,15-16,22,25H,8,13-14H2,1-7H3. The summed E-state index contributed by atoms with van der Waals surface area (Å²) in [5, 5.41) is 14.9. The molecule has 0 aromatic heterocycles. The molecule has 0 bridgehead atoms. The Morgan fingerprint density at radius 3 is 2.21 bits per heavy atom. The maximum atomic E-state index is 14.4. The van der Waals surface area contributed by atoms with Gasteiger partial charge in [-0.15, -0.1) is 0 Å². The average Bonchev–Trinajstić information content (AvgIpc) is 2.76. The topological polar surface area (TPSA) is 117 Å². The highest BCUT2D eigenvalue weighted by atomic mass is 31.2. The van der Waals surface area contributed by atoms with Crippen LogP contribution in [0.5, 0.6) is 0 Å². The van der Waals surface area contributed by atoms with E-state index in [1.165, 1.54) is 18.2 Å². The molecule has 2 rings (SSSR count). The fourth-order valence-corrected chi connectivity index (χ4v) is 6.04. The summed E-state index contributed by atoms with van der Waals surface area (Å²) in [6, 6.07) is 5.95. The number of carbonyl (C=O) groups is 1. The molecule has 1 aliphatic rings. The molecule has 0 saturated heterocycles. The molecule has 10 heteroatoms. The van der Waals surface area contributed by atoms with Crippen LogP contribution in [-0.2, 0) is 23.1 Å². The number of nitro benzene ring substituents is 1. The quantitative estimate of drug-likeness (QED) is 0.175. The van der Waals surface area contributed by atoms with Gasteiger partial charge in [0.25, 0.3) is 5.69 Å². The number of benzene rings is 1. The average molecular weight is 495 g/mol. The van der Waals surface area contributed by atoms with Crippen LogP contribution in [0.1, 0.15) is 59.9 Å². The van der Waals surface area contributed by atoms with Crippen molar-refractivity contribution in [2.24, 2.45) is 11.8 Å². The number of nitrogens with one attached hydrogen (secondary N) is 1. The third-order valence-corrected chi connectivity index (χ3v) is 7.25. The lowest BCUT2D eigenvalue weighted by Gasteiger charge is -2.35. The summed E-state index contributed by atoms with van der Waals surface area (Å²) in [4.78, 5) is 24.1. The first-order valence-electron chi connectivity index (χ1n) is 11.4. The van der Waals surface area contributed by atoms with E-state index in [4.69, 9.17) is 13.8 Å². The second kappa shape index (κ2) is 11.8. The van der Waals surface area contributed by atoms with Gasteiger partial charge in [0, 0.05) is 23.5 Å². The number of allylic oxidation sites excluding steroid dienone is 3. The van der Waals surface area contributed by atoms with Crippen LogP contribution in [0.15, 0.2) is 46.5 Å². The Kier molecular flexibility index (Phi) is 9.62. The maximum absolute atomic E-state index is 14.4. The van der Waals surface area contributed by atoms with Gasteiger partial charge in [0.15, 0.2) is 0 Å². The number of esters is 1. The Labute approximate surface area is 201 Å². The molecule has 0 aliphatic carbocycles. The first-order valence-corrected chi connectivity index (χ1v) is 12.9. The van der Waals surface area contributed by atoms with E-state index in [1.807, 2.05) is 27.7 Å². The summed E-state index contributed by atoms with van der Waals surface area (Å²) in [7, 11) is -3.94. The van der Waals surface area contributed by atoms with E-state index in [1.54, 1.807) is 26.8 Å². The largest absolute Gasteiger partial charge is 0.463 e. The van der Waals surface area contributed by atoms with Gasteiger partial charge in [0.2, 0.25) is 0 Å². The molecule has 0 saturated carbocycles. The second-order valence-electron chi connectivity index (χ2n) is 9.06. The number of hydrogen-bond donors (Lipinski definition) is 1. The van der Waals surface area contributed by atoms with Crippen molar-refractivity contribution in [3.8, 4) is 0 Å². The van der Waals surface area contributed by atoms with Crippen molar-refractivity contribution < 1.29 is 28.1 Å². The highest BCUT2D eigenvalue weighted by Crippen LogP contribution is 2.64. The highest BCUT2D eigenvalue weighted by Gasteiger charge is 2.45. The summed E-state index contributed by atoms with van der Waals surface area (Å²) < 4.78 is 31.5. The van der Waals surface area contributed by atoms with Gasteiger partial charge in [-0.05, 0) is 38.2 Å². The molecule has 1 heterocycles. The summed E-state index contributed by atoms with van der Waals surface area (Å²) in [5.41, 5.74) is 1.52. The lowest BCUT2D eigenvalue weighted by atomic mass is 9.86. The van der Waals surface area contributed by atoms with E-state index < -0.39 is 24.4 Å². The van der Waals surface area contributed by atoms with Crippen molar-refractivity contribution in [2.75, 3.05) is 19.8 Å². The summed E-state index contributed by atoms with van der Waals surface area (Å²) in [5.74, 6) is -1.36. The van der Waals surface area contributed by atoms with E-state index in [2.05, 4.69) is 5.32 Å². The molecule has 9 nitrogen and oxygen atoms in total. The summed E-state index contributed by atoms with van der Waals surface area (Å²) in [6.45, 7) is 13.3. The molecule has 0 fully saturated rings. The highest BCUT2D eigenvalue weighted by molar-refractivity contribution is 7.58. The van der Waals surface area contributed by atoms with Crippen LogP contribution < -0.4 is 5.32 Å². The van der Waals surface area contributed by atoms with Gasteiger partial charge in [-0.2, -0.15) is 0 Å². The molecule has 0 spiro atoms. The molecule has 1 atom stereocenters. The molecule has 34 heavy (non-hydrogen) atoms. The zero-order valence-corrected chi connectivity index (χ0v) is 21.8. The van der Waals surface area contributed by atoms with Crippen LogP contribution in [-0.4, -0.2) is 30.7 Å². The molecule has 0 radical (unpaired) electrons. The molecule has 1 N–H and O–H groups in total. The third-order valence-electron chi connectivity index (χ3n) is 5.09. The fourth-order valence-electron chi connectivity index (χ4n) is 3.64. The Balaban J connectivity index is 2.78. The number of dihydropyridines is 1. The molecular formula is C24H35N2O7P. The zero-order valence-electron chi connectivity index (χ0n) is 20.9. The van der Waals surface area contributed by atoms with Crippen molar-refractivity contribution in [1.29, 1.82) is 0 Å². The monoisotopic (exact) mass is 494 g/mol. The molecule has 0 amide bonds. The number of hydrogen-bond acceptors (Lipinski definition) is 8. The number of nitrogens with zero attached hydrogens (tertiary/aromatic N) is 1. The van der Waals surface area contributed by atoms with Crippen molar-refractivity contribution in [1.82, 2.24) is 5.32 Å². The predicted octanol–water partition coefficient (Wildman–Crippen LogP) is 5.89. The minimum Gasteiger partial charge on any atom is -0.463 e. The molecular weight excluding hydrogens is 459 g/mol. The minimum atomic E-state index is -3.94. The van der Waals surface area contributed by atoms with Gasteiger partial charge >= 0.3 is 13.6 Å². The van der Waals surface area contributed by atoms with Gasteiger partial charge in [-0.25, -0.2) is 4.79 Å². The Morgan fingerprint density at radius 1 is 1.12 bits per heavy atom. The van der Waals surface area contributed by atoms with E-state index in [0.717, 1.165) is 0 Å². The van der Waals surface area contributed by atoms with Crippen molar-refractivity contribution in [2.45, 2.75) is 54.4 Å². The lowest BCUT2D eigenvalue weighted by Crippen LogP contribution is -2.30. The number of ether oxygens (including phenoxy) is 1. The fraction of sp³-hybridized carbons (Fsp3) is 0.542. The van der Waals surface area contributed by atoms with Crippen LogP contribution in [0, 0.1) is 22.0 Å². The number of nitro groups is 1. The third kappa shape index (κ3) is 6.56.